The summed E-state index contributed by atoms with van der Waals surface area (Å²) in [6.07, 6.45) is 9.10. The average Bonchev–Trinajstić information content (AvgIpc) is 3.37. The fourth-order valence-corrected chi connectivity index (χ4v) is 5.23. The van der Waals surface area contributed by atoms with E-state index in [0.717, 1.165) is 56.0 Å². The molecule has 34 heavy (non-hydrogen) atoms. The van der Waals surface area contributed by atoms with Crippen LogP contribution in [-0.4, -0.2) is 45.7 Å². The zero-order chi connectivity index (χ0) is 23.5. The van der Waals surface area contributed by atoms with E-state index in [4.69, 9.17) is 0 Å². The summed E-state index contributed by atoms with van der Waals surface area (Å²) in [6, 6.07) is 16.9. The molecule has 0 atom stereocenters. The van der Waals surface area contributed by atoms with Crippen molar-refractivity contribution in [2.24, 2.45) is 5.92 Å². The van der Waals surface area contributed by atoms with E-state index in [-0.39, 0.29) is 30.3 Å². The molecule has 3 aromatic rings. The summed E-state index contributed by atoms with van der Waals surface area (Å²) in [5, 5.41) is 1.21. The minimum Gasteiger partial charge on any atom is -0.361 e. The molecule has 2 aliphatic rings. The number of hydrogen-bond acceptors (Lipinski definition) is 2. The molecule has 5 nitrogen and oxygen atoms in total. The summed E-state index contributed by atoms with van der Waals surface area (Å²) in [5.41, 5.74) is 4.68. The number of aromatic nitrogens is 1. The summed E-state index contributed by atoms with van der Waals surface area (Å²) in [7, 11) is 0. The van der Waals surface area contributed by atoms with Gasteiger partial charge in [-0.05, 0) is 56.2 Å². The summed E-state index contributed by atoms with van der Waals surface area (Å²) in [4.78, 5) is 34.0. The molecule has 0 radical (unpaired) electrons. The number of H-pyrrole nitrogens is 1. The highest BCUT2D eigenvalue weighted by Gasteiger charge is 2.38. The van der Waals surface area contributed by atoms with Crippen molar-refractivity contribution in [2.45, 2.75) is 64.5 Å². The van der Waals surface area contributed by atoms with Crippen molar-refractivity contribution in [3.63, 3.8) is 0 Å². The molecule has 1 aromatic heterocycles. The Morgan fingerprint density at radius 2 is 1.71 bits per heavy atom. The molecule has 0 spiro atoms. The normalized spacial score (nSPS) is 16.1. The van der Waals surface area contributed by atoms with E-state index in [1.165, 1.54) is 16.5 Å². The zero-order valence-electron chi connectivity index (χ0n) is 20.1. The second-order valence-electron chi connectivity index (χ2n) is 10.1. The van der Waals surface area contributed by atoms with E-state index in [9.17, 15) is 9.59 Å². The summed E-state index contributed by atoms with van der Waals surface area (Å²) < 4.78 is 0. The maximum atomic E-state index is 13.6. The van der Waals surface area contributed by atoms with Gasteiger partial charge in [0.05, 0.1) is 0 Å². The maximum Gasteiger partial charge on any atom is 0.242 e. The van der Waals surface area contributed by atoms with Crippen LogP contribution in [0.1, 0.15) is 55.2 Å². The molecule has 2 aromatic carbocycles. The largest absolute Gasteiger partial charge is 0.361 e. The Bertz CT molecular complexity index is 1140. The van der Waals surface area contributed by atoms with Crippen LogP contribution in [0.25, 0.3) is 10.9 Å². The highest BCUT2D eigenvalue weighted by atomic mass is 16.2. The second kappa shape index (κ2) is 10.0. The number of fused-ring (bicyclic) bond motifs is 1. The van der Waals surface area contributed by atoms with E-state index in [2.05, 4.69) is 60.6 Å². The first-order valence-electron chi connectivity index (χ1n) is 12.8. The highest BCUT2D eigenvalue weighted by molar-refractivity contribution is 5.87. The number of nitrogens with one attached hydrogen (secondary N) is 1. The molecule has 5 rings (SSSR count). The van der Waals surface area contributed by atoms with Crippen LogP contribution in [0.15, 0.2) is 54.7 Å². The molecule has 1 heterocycles. The number of benzene rings is 2. The Morgan fingerprint density at radius 1 is 0.971 bits per heavy atom. The van der Waals surface area contributed by atoms with Gasteiger partial charge in [0, 0.05) is 42.1 Å². The average molecular weight is 458 g/mol. The molecule has 2 aliphatic carbocycles. The highest BCUT2D eigenvalue weighted by Crippen LogP contribution is 2.33. The SMILES string of the molecule is Cc1ccc(CN(CCc2c[nH]c3ccccc23)C(=O)CN(C(=O)C2CCCC2)C2CC2)cc1. The molecule has 1 N–H and O–H groups in total. The van der Waals surface area contributed by atoms with E-state index in [1.807, 2.05) is 15.9 Å². The summed E-state index contributed by atoms with van der Waals surface area (Å²) >= 11 is 0. The predicted octanol–water partition coefficient (Wildman–Crippen LogP) is 5.23. The predicted molar refractivity (Wildman–Crippen MR) is 135 cm³/mol. The molecular weight excluding hydrogens is 422 g/mol. The Morgan fingerprint density at radius 3 is 2.44 bits per heavy atom. The number of nitrogens with zero attached hydrogens (tertiary/aromatic N) is 2. The fourth-order valence-electron chi connectivity index (χ4n) is 5.23. The lowest BCUT2D eigenvalue weighted by Gasteiger charge is -2.29. The molecule has 2 saturated carbocycles. The van der Waals surface area contributed by atoms with Gasteiger partial charge in [-0.2, -0.15) is 0 Å². The smallest absolute Gasteiger partial charge is 0.242 e. The molecule has 2 fully saturated rings. The minimum atomic E-state index is 0.0543. The van der Waals surface area contributed by atoms with Crippen LogP contribution >= 0.6 is 0 Å². The minimum absolute atomic E-state index is 0.0543. The van der Waals surface area contributed by atoms with Gasteiger partial charge in [-0.3, -0.25) is 9.59 Å². The number of rotatable bonds is 9. The van der Waals surface area contributed by atoms with Crippen molar-refractivity contribution in [1.29, 1.82) is 0 Å². The first-order valence-corrected chi connectivity index (χ1v) is 12.8. The lowest BCUT2D eigenvalue weighted by Crippen LogP contribution is -2.46. The summed E-state index contributed by atoms with van der Waals surface area (Å²) in [5.74, 6) is 0.379. The van der Waals surface area contributed by atoms with Crippen LogP contribution in [-0.2, 0) is 22.6 Å². The number of aromatic amines is 1. The Balaban J connectivity index is 1.32. The van der Waals surface area contributed by atoms with Crippen molar-refractivity contribution in [3.8, 4) is 0 Å². The van der Waals surface area contributed by atoms with Crippen LogP contribution in [0.5, 0.6) is 0 Å². The Hall–Kier alpha value is -3.08. The van der Waals surface area contributed by atoms with Crippen molar-refractivity contribution < 1.29 is 9.59 Å². The molecule has 0 bridgehead atoms. The van der Waals surface area contributed by atoms with Crippen LogP contribution in [0, 0.1) is 12.8 Å². The third-order valence-corrected chi connectivity index (χ3v) is 7.45. The molecule has 0 saturated heterocycles. The van der Waals surface area contributed by atoms with E-state index in [1.54, 1.807) is 0 Å². The van der Waals surface area contributed by atoms with Crippen molar-refractivity contribution in [2.75, 3.05) is 13.1 Å². The topological polar surface area (TPSA) is 56.4 Å². The van der Waals surface area contributed by atoms with Gasteiger partial charge in [0.15, 0.2) is 0 Å². The van der Waals surface area contributed by atoms with Crippen LogP contribution < -0.4 is 0 Å². The van der Waals surface area contributed by atoms with Gasteiger partial charge in [-0.15, -0.1) is 0 Å². The molecule has 5 heteroatoms. The number of amides is 2. The standard InChI is InChI=1S/C29H35N3O2/c1-21-10-12-22(13-11-21)19-31(17-16-24-18-30-27-9-5-4-8-26(24)27)28(33)20-32(25-14-15-25)29(34)23-6-2-3-7-23/h4-5,8-13,18,23,25,30H,2-3,6-7,14-17,19-20H2,1H3. The monoisotopic (exact) mass is 457 g/mol. The van der Waals surface area contributed by atoms with E-state index in [0.29, 0.717) is 13.1 Å². The van der Waals surface area contributed by atoms with Gasteiger partial charge >= 0.3 is 0 Å². The molecule has 2 amide bonds. The van der Waals surface area contributed by atoms with Gasteiger partial charge < -0.3 is 14.8 Å². The first kappa shape index (κ1) is 22.7. The lowest BCUT2D eigenvalue weighted by atomic mass is 10.1. The van der Waals surface area contributed by atoms with Gasteiger partial charge in [0.25, 0.3) is 0 Å². The van der Waals surface area contributed by atoms with Gasteiger partial charge in [-0.25, -0.2) is 0 Å². The number of carbonyl (C=O) groups is 2. The van der Waals surface area contributed by atoms with Crippen LogP contribution in [0.4, 0.5) is 0 Å². The molecule has 0 unspecified atom stereocenters. The number of aryl methyl sites for hydroxylation is 1. The van der Waals surface area contributed by atoms with Crippen LogP contribution in [0.2, 0.25) is 0 Å². The first-order chi connectivity index (χ1) is 16.6. The maximum absolute atomic E-state index is 13.6. The van der Waals surface area contributed by atoms with Gasteiger partial charge in [0.2, 0.25) is 11.8 Å². The molecule has 178 valence electrons. The third-order valence-electron chi connectivity index (χ3n) is 7.45. The van der Waals surface area contributed by atoms with Crippen molar-refractivity contribution in [1.82, 2.24) is 14.8 Å². The number of hydrogen-bond donors (Lipinski definition) is 1. The quantitative estimate of drug-likeness (QED) is 0.478. The Labute approximate surface area is 202 Å². The number of carbonyl (C=O) groups excluding carboxylic acids is 2. The van der Waals surface area contributed by atoms with Crippen molar-refractivity contribution in [3.05, 3.63) is 71.4 Å². The van der Waals surface area contributed by atoms with Gasteiger partial charge in [-0.1, -0.05) is 60.9 Å². The third kappa shape index (κ3) is 5.19. The molecule has 0 aliphatic heterocycles. The lowest BCUT2D eigenvalue weighted by molar-refractivity contribution is -0.143. The zero-order valence-corrected chi connectivity index (χ0v) is 20.1. The summed E-state index contributed by atoms with van der Waals surface area (Å²) in [6.45, 7) is 3.48. The van der Waals surface area contributed by atoms with Crippen molar-refractivity contribution >= 4 is 22.7 Å². The fraction of sp³-hybridized carbons (Fsp3) is 0.448. The van der Waals surface area contributed by atoms with E-state index < -0.39 is 0 Å². The van der Waals surface area contributed by atoms with Gasteiger partial charge in [0.1, 0.15) is 6.54 Å². The van der Waals surface area contributed by atoms with Crippen LogP contribution in [0.3, 0.4) is 0 Å². The molecular formula is C29H35N3O2. The van der Waals surface area contributed by atoms with E-state index >= 15 is 0 Å². The number of para-hydroxylation sites is 1. The second-order valence-corrected chi connectivity index (χ2v) is 10.1. The Kier molecular flexibility index (Phi) is 6.70.